The van der Waals surface area contributed by atoms with E-state index in [4.69, 9.17) is 4.74 Å². The van der Waals surface area contributed by atoms with Gasteiger partial charge in [-0.25, -0.2) is 9.50 Å². The third-order valence-corrected chi connectivity index (χ3v) is 5.46. The summed E-state index contributed by atoms with van der Waals surface area (Å²) in [5, 5.41) is 10.7. The zero-order chi connectivity index (χ0) is 25.3. The van der Waals surface area contributed by atoms with Gasteiger partial charge in [0, 0.05) is 17.8 Å². The number of hydrogen-bond donors (Lipinski definition) is 1. The first kappa shape index (κ1) is 23.1. The van der Waals surface area contributed by atoms with Crippen LogP contribution in [0.2, 0.25) is 0 Å². The van der Waals surface area contributed by atoms with Crippen LogP contribution >= 0.6 is 0 Å². The maximum atomic E-state index is 13.8. The number of fused-ring (bicyclic) bond motifs is 1. The van der Waals surface area contributed by atoms with Crippen molar-refractivity contribution in [2.75, 3.05) is 12.4 Å². The molecule has 0 unspecified atom stereocenters. The summed E-state index contributed by atoms with van der Waals surface area (Å²) in [6.07, 6.45) is -1.97. The summed E-state index contributed by atoms with van der Waals surface area (Å²) in [7, 11) is 1.49. The molecule has 0 aliphatic heterocycles. The van der Waals surface area contributed by atoms with Gasteiger partial charge in [0.1, 0.15) is 11.3 Å². The monoisotopic (exact) mass is 492 g/mol. The Kier molecular flexibility index (Phi) is 5.88. The van der Waals surface area contributed by atoms with E-state index in [1.54, 1.807) is 41.2 Å². The zero-order valence-electron chi connectivity index (χ0n) is 18.9. The van der Waals surface area contributed by atoms with Gasteiger partial charge in [-0.1, -0.05) is 30.3 Å². The van der Waals surface area contributed by atoms with E-state index in [-0.39, 0.29) is 22.7 Å². The molecule has 0 radical (unpaired) electrons. The number of anilines is 1. The van der Waals surface area contributed by atoms with Crippen LogP contribution in [0.1, 0.15) is 21.6 Å². The Hall–Kier alpha value is -4.67. The number of carbonyl (C=O) groups excluding carboxylic acids is 1. The maximum absolute atomic E-state index is 13.8. The zero-order valence-corrected chi connectivity index (χ0v) is 18.9. The second-order valence-electron chi connectivity index (χ2n) is 7.88. The van der Waals surface area contributed by atoms with E-state index >= 15 is 0 Å². The molecule has 11 heteroatoms. The Morgan fingerprint density at radius 2 is 1.81 bits per heavy atom. The third-order valence-electron chi connectivity index (χ3n) is 5.46. The van der Waals surface area contributed by atoms with E-state index in [0.717, 1.165) is 17.8 Å². The summed E-state index contributed by atoms with van der Waals surface area (Å²) in [5.74, 6) is 0.118. The normalized spacial score (nSPS) is 11.6. The van der Waals surface area contributed by atoms with E-state index in [1.807, 2.05) is 30.3 Å². The quantitative estimate of drug-likeness (QED) is 0.364. The molecule has 1 N–H and O–H groups in total. The van der Waals surface area contributed by atoms with E-state index in [9.17, 15) is 18.0 Å². The molecule has 2 aromatic carbocycles. The highest BCUT2D eigenvalue weighted by molar-refractivity contribution is 6.07. The molecule has 5 aromatic rings. The van der Waals surface area contributed by atoms with Gasteiger partial charge in [0.2, 0.25) is 0 Å². The highest BCUT2D eigenvalue weighted by Gasteiger charge is 2.36. The molecule has 0 saturated heterocycles. The van der Waals surface area contributed by atoms with Gasteiger partial charge in [-0.3, -0.25) is 9.48 Å². The van der Waals surface area contributed by atoms with Crippen LogP contribution in [-0.2, 0) is 12.7 Å². The second-order valence-corrected chi connectivity index (χ2v) is 7.88. The fourth-order valence-corrected chi connectivity index (χ4v) is 3.71. The minimum Gasteiger partial charge on any atom is -0.497 e. The highest BCUT2D eigenvalue weighted by atomic mass is 19.4. The van der Waals surface area contributed by atoms with Crippen LogP contribution in [0.3, 0.4) is 0 Å². The van der Waals surface area contributed by atoms with Crippen LogP contribution < -0.4 is 10.1 Å². The lowest BCUT2D eigenvalue weighted by molar-refractivity contribution is -0.142. The lowest BCUT2D eigenvalue weighted by Gasteiger charge is -2.12. The minimum absolute atomic E-state index is 0.0409. The number of halogens is 3. The number of carbonyl (C=O) groups is 1. The van der Waals surface area contributed by atoms with Crippen molar-refractivity contribution in [3.8, 4) is 17.0 Å². The van der Waals surface area contributed by atoms with Crippen LogP contribution in [0.4, 0.5) is 19.0 Å². The fourth-order valence-electron chi connectivity index (χ4n) is 3.71. The number of nitrogens with one attached hydrogen (secondary N) is 1. The molecule has 3 aromatic heterocycles. The molecular formula is C25H19F3N6O2. The van der Waals surface area contributed by atoms with Crippen LogP contribution in [0, 0.1) is 0 Å². The van der Waals surface area contributed by atoms with Crippen LogP contribution in [0.15, 0.2) is 79.1 Å². The van der Waals surface area contributed by atoms with Gasteiger partial charge in [0.15, 0.2) is 17.2 Å². The summed E-state index contributed by atoms with van der Waals surface area (Å²) in [4.78, 5) is 17.3. The van der Waals surface area contributed by atoms with Gasteiger partial charge in [0.25, 0.3) is 5.91 Å². The smallest absolute Gasteiger partial charge is 0.433 e. The van der Waals surface area contributed by atoms with Crippen molar-refractivity contribution in [3.63, 3.8) is 0 Å². The molecule has 0 atom stereocenters. The molecule has 5 rings (SSSR count). The number of benzene rings is 2. The average Bonchev–Trinajstić information content (AvgIpc) is 3.50. The summed E-state index contributed by atoms with van der Waals surface area (Å²) >= 11 is 0. The molecule has 0 saturated carbocycles. The number of amides is 1. The van der Waals surface area contributed by atoms with Crippen LogP contribution in [0.25, 0.3) is 16.9 Å². The van der Waals surface area contributed by atoms with Gasteiger partial charge in [-0.05, 0) is 35.9 Å². The summed E-state index contributed by atoms with van der Waals surface area (Å²) < 4.78 is 48.9. The Morgan fingerprint density at radius 3 is 2.50 bits per heavy atom. The average molecular weight is 492 g/mol. The van der Waals surface area contributed by atoms with Gasteiger partial charge in [-0.2, -0.15) is 23.4 Å². The van der Waals surface area contributed by atoms with Crippen LogP contribution in [-0.4, -0.2) is 37.4 Å². The topological polar surface area (TPSA) is 86.3 Å². The van der Waals surface area contributed by atoms with Crippen molar-refractivity contribution in [1.29, 1.82) is 0 Å². The minimum atomic E-state index is -4.72. The molecule has 182 valence electrons. The molecule has 0 fully saturated rings. The van der Waals surface area contributed by atoms with E-state index in [2.05, 4.69) is 20.5 Å². The largest absolute Gasteiger partial charge is 0.497 e. The van der Waals surface area contributed by atoms with Crippen molar-refractivity contribution in [2.45, 2.75) is 12.7 Å². The summed E-state index contributed by atoms with van der Waals surface area (Å²) in [6.45, 7) is 0.495. The number of hydrogen-bond acceptors (Lipinski definition) is 5. The number of aromatic nitrogens is 5. The molecule has 0 aliphatic rings. The Labute approximate surface area is 203 Å². The van der Waals surface area contributed by atoms with Crippen molar-refractivity contribution in [3.05, 3.63) is 95.9 Å². The standard InChI is InChI=1S/C25H19F3N6O2/c1-36-18-9-7-17(8-10-18)20-13-21(25(26,27)28)34-23(30-20)19(14-29-34)24(35)31-22-11-12-33(32-22)15-16-5-3-2-4-6-16/h2-14H,15H2,1H3,(H,31,32,35). The van der Waals surface area contributed by atoms with Crippen molar-refractivity contribution in [2.24, 2.45) is 0 Å². The highest BCUT2D eigenvalue weighted by Crippen LogP contribution is 2.33. The molecule has 0 spiro atoms. The molecule has 3 heterocycles. The number of alkyl halides is 3. The second kappa shape index (κ2) is 9.17. The van der Waals surface area contributed by atoms with Crippen molar-refractivity contribution >= 4 is 17.4 Å². The molecule has 36 heavy (non-hydrogen) atoms. The van der Waals surface area contributed by atoms with Crippen LogP contribution in [0.5, 0.6) is 5.75 Å². The Bertz CT molecular complexity index is 1530. The predicted molar refractivity (Wildman–Crippen MR) is 126 cm³/mol. The van der Waals surface area contributed by atoms with E-state index in [0.29, 0.717) is 22.4 Å². The number of methoxy groups -OCH3 is 1. The van der Waals surface area contributed by atoms with Gasteiger partial charge < -0.3 is 10.1 Å². The number of nitrogens with zero attached hydrogens (tertiary/aromatic N) is 5. The number of rotatable bonds is 6. The molecular weight excluding hydrogens is 473 g/mol. The van der Waals surface area contributed by atoms with Crippen molar-refractivity contribution < 1.29 is 22.7 Å². The predicted octanol–water partition coefficient (Wildman–Crippen LogP) is 4.92. The lowest BCUT2D eigenvalue weighted by atomic mass is 10.1. The molecule has 0 bridgehead atoms. The summed E-state index contributed by atoms with van der Waals surface area (Å²) in [6, 6.07) is 18.5. The molecule has 0 aliphatic carbocycles. The summed E-state index contributed by atoms with van der Waals surface area (Å²) in [5.41, 5.74) is 0.0982. The lowest BCUT2D eigenvalue weighted by Crippen LogP contribution is -2.16. The molecule has 8 nitrogen and oxygen atoms in total. The van der Waals surface area contributed by atoms with E-state index < -0.39 is 17.8 Å². The van der Waals surface area contributed by atoms with Gasteiger partial charge in [-0.15, -0.1) is 0 Å². The fraction of sp³-hybridized carbons (Fsp3) is 0.120. The Balaban J connectivity index is 1.47. The maximum Gasteiger partial charge on any atom is 0.433 e. The van der Waals surface area contributed by atoms with Gasteiger partial charge >= 0.3 is 6.18 Å². The van der Waals surface area contributed by atoms with Gasteiger partial charge in [0.05, 0.1) is 25.5 Å². The first-order chi connectivity index (χ1) is 17.3. The first-order valence-electron chi connectivity index (χ1n) is 10.8. The third kappa shape index (κ3) is 4.63. The van der Waals surface area contributed by atoms with E-state index in [1.165, 1.54) is 7.11 Å². The molecule has 1 amide bonds. The number of ether oxygens (including phenoxy) is 1. The SMILES string of the molecule is COc1ccc(-c2cc(C(F)(F)F)n3ncc(C(=O)Nc4ccn(Cc5ccccc5)n4)c3n2)cc1. The Morgan fingerprint density at radius 1 is 1.06 bits per heavy atom. The van der Waals surface area contributed by atoms with Crippen molar-refractivity contribution in [1.82, 2.24) is 24.4 Å². The first-order valence-corrected chi connectivity index (χ1v) is 10.8.